The van der Waals surface area contributed by atoms with Gasteiger partial charge < -0.3 is 9.15 Å². The van der Waals surface area contributed by atoms with E-state index in [4.69, 9.17) is 9.15 Å². The Morgan fingerprint density at radius 2 is 2.00 bits per heavy atom. The van der Waals surface area contributed by atoms with Gasteiger partial charge in [-0.25, -0.2) is 5.43 Å². The van der Waals surface area contributed by atoms with E-state index in [1.54, 1.807) is 12.1 Å². The molecule has 0 aliphatic carbocycles. The predicted octanol–water partition coefficient (Wildman–Crippen LogP) is 4.39. The number of carbonyl (C=O) groups is 1. The summed E-state index contributed by atoms with van der Waals surface area (Å²) in [6, 6.07) is 18.7. The van der Waals surface area contributed by atoms with E-state index >= 15 is 0 Å². The van der Waals surface area contributed by atoms with E-state index in [-0.39, 0.29) is 5.76 Å². The van der Waals surface area contributed by atoms with Gasteiger partial charge in [0, 0.05) is 10.0 Å². The minimum absolute atomic E-state index is 0.201. The van der Waals surface area contributed by atoms with Crippen LogP contribution in [-0.2, 0) is 6.61 Å². The molecule has 1 aromatic heterocycles. The molecule has 1 heterocycles. The summed E-state index contributed by atoms with van der Waals surface area (Å²) in [6.45, 7) is 0.446. The van der Waals surface area contributed by atoms with E-state index in [2.05, 4.69) is 26.5 Å². The Balaban J connectivity index is 1.68. The topological polar surface area (TPSA) is 63.8 Å². The van der Waals surface area contributed by atoms with Gasteiger partial charge in [0.15, 0.2) is 5.76 Å². The zero-order valence-electron chi connectivity index (χ0n) is 13.2. The zero-order valence-corrected chi connectivity index (χ0v) is 14.8. The number of nitrogens with zero attached hydrogens (tertiary/aromatic N) is 1. The number of carbonyl (C=O) groups excluding carboxylic acids is 1. The molecule has 0 saturated carbocycles. The number of hydrazone groups is 1. The normalized spacial score (nSPS) is 10.8. The Kier molecular flexibility index (Phi) is 5.64. The lowest BCUT2D eigenvalue weighted by molar-refractivity contribution is 0.0927. The number of furan rings is 1. The van der Waals surface area contributed by atoms with Gasteiger partial charge in [0.1, 0.15) is 12.4 Å². The van der Waals surface area contributed by atoms with E-state index in [1.807, 2.05) is 48.5 Å². The molecule has 3 rings (SSSR count). The lowest BCUT2D eigenvalue weighted by Gasteiger charge is -2.09. The second kappa shape index (κ2) is 8.30. The van der Waals surface area contributed by atoms with Gasteiger partial charge in [-0.3, -0.25) is 4.79 Å². The summed E-state index contributed by atoms with van der Waals surface area (Å²) < 4.78 is 11.8. The van der Waals surface area contributed by atoms with Gasteiger partial charge in [-0.2, -0.15) is 5.10 Å². The van der Waals surface area contributed by atoms with E-state index in [0.29, 0.717) is 12.4 Å². The Morgan fingerprint density at radius 1 is 1.16 bits per heavy atom. The molecule has 0 fully saturated rings. The third kappa shape index (κ3) is 4.81. The Hall–Kier alpha value is -2.86. The molecule has 1 amide bonds. The van der Waals surface area contributed by atoms with Gasteiger partial charge >= 0.3 is 5.91 Å². The molecule has 0 aliphatic rings. The zero-order chi connectivity index (χ0) is 17.5. The van der Waals surface area contributed by atoms with Gasteiger partial charge in [-0.1, -0.05) is 46.3 Å². The summed E-state index contributed by atoms with van der Waals surface area (Å²) in [5.41, 5.74) is 4.23. The van der Waals surface area contributed by atoms with Gasteiger partial charge in [0.05, 0.1) is 12.5 Å². The van der Waals surface area contributed by atoms with Crippen molar-refractivity contribution in [3.05, 3.63) is 88.3 Å². The second-order valence-corrected chi connectivity index (χ2v) is 6.05. The van der Waals surface area contributed by atoms with Gasteiger partial charge in [0.2, 0.25) is 0 Å². The minimum atomic E-state index is -0.414. The van der Waals surface area contributed by atoms with Crippen molar-refractivity contribution < 1.29 is 13.9 Å². The first-order valence-corrected chi connectivity index (χ1v) is 8.35. The Labute approximate surface area is 153 Å². The fourth-order valence-corrected chi connectivity index (χ4v) is 2.49. The van der Waals surface area contributed by atoms with Crippen LogP contribution in [0.15, 0.2) is 80.9 Å². The number of rotatable bonds is 6. The predicted molar refractivity (Wildman–Crippen MR) is 98.7 cm³/mol. The molecule has 0 bridgehead atoms. The largest absolute Gasteiger partial charge is 0.488 e. The molecular formula is C19H15BrN2O3. The highest BCUT2D eigenvalue weighted by Crippen LogP contribution is 2.22. The quantitative estimate of drug-likeness (QED) is 0.494. The van der Waals surface area contributed by atoms with Crippen molar-refractivity contribution in [1.29, 1.82) is 0 Å². The molecule has 0 radical (unpaired) electrons. The van der Waals surface area contributed by atoms with Crippen molar-refractivity contribution in [1.82, 2.24) is 5.43 Å². The van der Waals surface area contributed by atoms with Crippen LogP contribution >= 0.6 is 15.9 Å². The number of nitrogens with one attached hydrogen (secondary N) is 1. The van der Waals surface area contributed by atoms with Crippen LogP contribution in [0.5, 0.6) is 5.75 Å². The first-order chi connectivity index (χ1) is 12.2. The molecule has 126 valence electrons. The van der Waals surface area contributed by atoms with E-state index in [1.165, 1.54) is 12.5 Å². The molecule has 25 heavy (non-hydrogen) atoms. The van der Waals surface area contributed by atoms with Crippen LogP contribution in [0, 0.1) is 0 Å². The number of amides is 1. The van der Waals surface area contributed by atoms with Crippen LogP contribution < -0.4 is 10.2 Å². The molecule has 0 spiro atoms. The smallest absolute Gasteiger partial charge is 0.307 e. The van der Waals surface area contributed by atoms with Crippen LogP contribution in [0.2, 0.25) is 0 Å². The van der Waals surface area contributed by atoms with Crippen molar-refractivity contribution in [3.63, 3.8) is 0 Å². The average molecular weight is 399 g/mol. The SMILES string of the molecule is O=C(N/N=C\c1cc(Br)ccc1OCc1ccccc1)c1ccco1. The van der Waals surface area contributed by atoms with Crippen LogP contribution in [0.25, 0.3) is 0 Å². The van der Waals surface area contributed by atoms with Crippen LogP contribution in [0.1, 0.15) is 21.7 Å². The van der Waals surface area contributed by atoms with E-state index < -0.39 is 5.91 Å². The number of hydrogen-bond donors (Lipinski definition) is 1. The fourth-order valence-electron chi connectivity index (χ4n) is 2.11. The van der Waals surface area contributed by atoms with E-state index in [9.17, 15) is 4.79 Å². The molecule has 6 heteroatoms. The number of halogens is 1. The first-order valence-electron chi connectivity index (χ1n) is 7.55. The lowest BCUT2D eigenvalue weighted by atomic mass is 10.2. The number of benzene rings is 2. The summed E-state index contributed by atoms with van der Waals surface area (Å²) in [5.74, 6) is 0.456. The minimum Gasteiger partial charge on any atom is -0.488 e. The maximum absolute atomic E-state index is 11.8. The highest BCUT2D eigenvalue weighted by Gasteiger charge is 2.07. The highest BCUT2D eigenvalue weighted by molar-refractivity contribution is 9.10. The standard InChI is InChI=1S/C19H15BrN2O3/c20-16-8-9-17(25-13-14-5-2-1-3-6-14)15(11-16)12-21-22-19(23)18-7-4-10-24-18/h1-12H,13H2,(H,22,23)/b21-12-. The van der Waals surface area contributed by atoms with Gasteiger partial charge in [-0.15, -0.1) is 0 Å². The van der Waals surface area contributed by atoms with Crippen LogP contribution in [-0.4, -0.2) is 12.1 Å². The summed E-state index contributed by atoms with van der Waals surface area (Å²) in [6.07, 6.45) is 2.97. The average Bonchev–Trinajstić information content (AvgIpc) is 3.16. The molecule has 0 aliphatic heterocycles. The summed E-state index contributed by atoms with van der Waals surface area (Å²) in [7, 11) is 0. The van der Waals surface area contributed by atoms with Crippen LogP contribution in [0.4, 0.5) is 0 Å². The number of ether oxygens (including phenoxy) is 1. The van der Waals surface area contributed by atoms with Gasteiger partial charge in [-0.05, 0) is 35.9 Å². The monoisotopic (exact) mass is 398 g/mol. The second-order valence-electron chi connectivity index (χ2n) is 5.13. The van der Waals surface area contributed by atoms with Crippen molar-refractivity contribution in [2.45, 2.75) is 6.61 Å². The van der Waals surface area contributed by atoms with Crippen LogP contribution in [0.3, 0.4) is 0 Å². The van der Waals surface area contributed by atoms with Crippen molar-refractivity contribution in [2.24, 2.45) is 5.10 Å². The molecule has 0 atom stereocenters. The molecule has 1 N–H and O–H groups in total. The summed E-state index contributed by atoms with van der Waals surface area (Å²) in [5, 5.41) is 3.97. The molecule has 0 unspecified atom stereocenters. The molecular weight excluding hydrogens is 384 g/mol. The third-order valence-electron chi connectivity index (χ3n) is 3.32. The fraction of sp³-hybridized carbons (Fsp3) is 0.0526. The Morgan fingerprint density at radius 3 is 2.76 bits per heavy atom. The molecule has 3 aromatic rings. The first kappa shape index (κ1) is 17.0. The summed E-state index contributed by atoms with van der Waals surface area (Å²) in [4.78, 5) is 11.8. The Bertz CT molecular complexity index is 862. The van der Waals surface area contributed by atoms with Crippen molar-refractivity contribution in [2.75, 3.05) is 0 Å². The highest BCUT2D eigenvalue weighted by atomic mass is 79.9. The maximum Gasteiger partial charge on any atom is 0.307 e. The molecule has 5 nitrogen and oxygen atoms in total. The summed E-state index contributed by atoms with van der Waals surface area (Å²) >= 11 is 3.43. The van der Waals surface area contributed by atoms with Gasteiger partial charge in [0.25, 0.3) is 0 Å². The third-order valence-corrected chi connectivity index (χ3v) is 3.82. The maximum atomic E-state index is 11.8. The van der Waals surface area contributed by atoms with E-state index in [0.717, 1.165) is 15.6 Å². The molecule has 0 saturated heterocycles. The van der Waals surface area contributed by atoms with Crippen molar-refractivity contribution in [3.8, 4) is 5.75 Å². The van der Waals surface area contributed by atoms with Crippen molar-refractivity contribution >= 4 is 28.1 Å². The molecule has 2 aromatic carbocycles. The number of hydrogen-bond acceptors (Lipinski definition) is 4. The lowest BCUT2D eigenvalue weighted by Crippen LogP contribution is -2.16.